The fourth-order valence-corrected chi connectivity index (χ4v) is 5.71. The van der Waals surface area contributed by atoms with E-state index in [1.807, 2.05) is 5.92 Å². The van der Waals surface area contributed by atoms with E-state index in [9.17, 15) is 0 Å². The molecule has 4 bridgehead atoms. The maximum atomic E-state index is 2.05. The van der Waals surface area contributed by atoms with Gasteiger partial charge in [0.15, 0.2) is 0 Å². The molecule has 0 heteroatoms. The zero-order chi connectivity index (χ0) is 9.83. The van der Waals surface area contributed by atoms with Crippen LogP contribution in [0.2, 0.25) is 0 Å². The minimum Gasteiger partial charge on any atom is -0.0530 e. The molecule has 0 aliphatic heterocycles. The number of hydrogen-bond donors (Lipinski definition) is 0. The molecule has 3 atom stereocenters. The highest BCUT2D eigenvalue weighted by Gasteiger charge is 2.50. The van der Waals surface area contributed by atoms with Crippen LogP contribution >= 0.6 is 0 Å². The summed E-state index contributed by atoms with van der Waals surface area (Å²) >= 11 is 0. The van der Waals surface area contributed by atoms with Crippen LogP contribution in [0, 0.1) is 35.5 Å². The molecule has 0 nitrogen and oxygen atoms in total. The highest BCUT2D eigenvalue weighted by Crippen LogP contribution is 2.61. The Balaban J connectivity index is 1.59. The Bertz CT molecular complexity index is 221. The molecule has 0 heterocycles. The molecule has 0 amide bonds. The Morgan fingerprint density at radius 3 is 2.00 bits per heavy atom. The molecule has 5 fully saturated rings. The topological polar surface area (TPSA) is 0 Å². The molecule has 5 aliphatic rings. The second-order valence-corrected chi connectivity index (χ2v) is 6.84. The summed E-state index contributed by atoms with van der Waals surface area (Å²) in [4.78, 5) is 0. The molecule has 15 heavy (non-hydrogen) atoms. The second kappa shape index (κ2) is 3.25. The lowest BCUT2D eigenvalue weighted by atomic mass is 9.49. The van der Waals surface area contributed by atoms with E-state index in [0.29, 0.717) is 0 Å². The highest BCUT2D eigenvalue weighted by atomic mass is 14.6. The Labute approximate surface area is 93.8 Å². The van der Waals surface area contributed by atoms with Crippen molar-refractivity contribution in [3.63, 3.8) is 0 Å². The Hall–Kier alpha value is 0. The lowest BCUT2D eigenvalue weighted by Gasteiger charge is -2.56. The third-order valence-electron chi connectivity index (χ3n) is 5.93. The second-order valence-electron chi connectivity index (χ2n) is 6.84. The van der Waals surface area contributed by atoms with Crippen LogP contribution in [-0.2, 0) is 0 Å². The maximum Gasteiger partial charge on any atom is -0.0199 e. The maximum absolute atomic E-state index is 2.05. The minimum absolute atomic E-state index is 1.11. The molecule has 0 saturated heterocycles. The molecule has 3 unspecified atom stereocenters. The summed E-state index contributed by atoms with van der Waals surface area (Å²) in [5.41, 5.74) is 0. The van der Waals surface area contributed by atoms with Gasteiger partial charge in [-0.3, -0.25) is 0 Å². The van der Waals surface area contributed by atoms with Gasteiger partial charge in [0.25, 0.3) is 0 Å². The third kappa shape index (κ3) is 1.33. The quantitative estimate of drug-likeness (QED) is 0.599. The first-order chi connectivity index (χ1) is 7.40. The molecule has 5 aliphatic carbocycles. The smallest absolute Gasteiger partial charge is 0.0199 e. The van der Waals surface area contributed by atoms with E-state index in [0.717, 1.165) is 29.6 Å². The van der Waals surface area contributed by atoms with Gasteiger partial charge in [-0.25, -0.2) is 0 Å². The van der Waals surface area contributed by atoms with Crippen LogP contribution in [-0.4, -0.2) is 0 Å². The highest BCUT2D eigenvalue weighted by molar-refractivity contribution is 5.14. The predicted octanol–water partition coefficient (Wildman–Crippen LogP) is 4.21. The van der Waals surface area contributed by atoms with E-state index in [1.165, 1.54) is 12.8 Å². The van der Waals surface area contributed by atoms with Crippen molar-refractivity contribution in [1.29, 1.82) is 0 Å². The SMILES string of the molecule is C1CCC(C2[C]3CC4CC(C3)CC2C4)C1. The van der Waals surface area contributed by atoms with Crippen LogP contribution in [0.25, 0.3) is 0 Å². The summed E-state index contributed by atoms with van der Waals surface area (Å²) in [6.45, 7) is 0. The first-order valence-electron chi connectivity index (χ1n) is 7.24. The fraction of sp³-hybridized carbons (Fsp3) is 0.933. The Morgan fingerprint density at radius 2 is 1.40 bits per heavy atom. The zero-order valence-corrected chi connectivity index (χ0v) is 9.75. The summed E-state index contributed by atoms with van der Waals surface area (Å²) in [5.74, 6) is 7.70. The minimum atomic E-state index is 1.11. The summed E-state index contributed by atoms with van der Waals surface area (Å²) in [5, 5.41) is 0. The number of hydrogen-bond acceptors (Lipinski definition) is 0. The van der Waals surface area contributed by atoms with Crippen molar-refractivity contribution in [3.8, 4) is 0 Å². The largest absolute Gasteiger partial charge is 0.0530 e. The van der Waals surface area contributed by atoms with E-state index in [-0.39, 0.29) is 0 Å². The van der Waals surface area contributed by atoms with Gasteiger partial charge in [0.05, 0.1) is 0 Å². The zero-order valence-electron chi connectivity index (χ0n) is 9.75. The molecular weight excluding hydrogens is 180 g/mol. The van der Waals surface area contributed by atoms with E-state index < -0.39 is 0 Å². The molecule has 0 aromatic carbocycles. The molecule has 0 spiro atoms. The summed E-state index contributed by atoms with van der Waals surface area (Å²) in [6, 6.07) is 0. The van der Waals surface area contributed by atoms with Gasteiger partial charge in [-0.05, 0) is 67.6 Å². The van der Waals surface area contributed by atoms with E-state index >= 15 is 0 Å². The monoisotopic (exact) mass is 203 g/mol. The van der Waals surface area contributed by atoms with Crippen LogP contribution in [0.15, 0.2) is 0 Å². The van der Waals surface area contributed by atoms with Gasteiger partial charge in [0.1, 0.15) is 0 Å². The van der Waals surface area contributed by atoms with Crippen LogP contribution < -0.4 is 0 Å². The van der Waals surface area contributed by atoms with E-state index in [1.54, 1.807) is 44.9 Å². The van der Waals surface area contributed by atoms with Gasteiger partial charge in [-0.15, -0.1) is 0 Å². The van der Waals surface area contributed by atoms with Crippen LogP contribution in [0.5, 0.6) is 0 Å². The van der Waals surface area contributed by atoms with Gasteiger partial charge in [0.2, 0.25) is 0 Å². The van der Waals surface area contributed by atoms with Crippen molar-refractivity contribution in [2.75, 3.05) is 0 Å². The predicted molar refractivity (Wildman–Crippen MR) is 62.2 cm³/mol. The average Bonchev–Trinajstić information content (AvgIpc) is 2.69. The summed E-state index contributed by atoms with van der Waals surface area (Å²) < 4.78 is 0. The summed E-state index contributed by atoms with van der Waals surface area (Å²) in [6.07, 6.45) is 14.1. The lowest BCUT2D eigenvalue weighted by molar-refractivity contribution is 0.0168. The fourth-order valence-electron chi connectivity index (χ4n) is 5.71. The van der Waals surface area contributed by atoms with Gasteiger partial charge in [-0.2, -0.15) is 0 Å². The molecule has 0 aromatic heterocycles. The van der Waals surface area contributed by atoms with Crippen LogP contribution in [0.3, 0.4) is 0 Å². The van der Waals surface area contributed by atoms with Crippen molar-refractivity contribution in [1.82, 2.24) is 0 Å². The molecule has 5 rings (SSSR count). The van der Waals surface area contributed by atoms with Gasteiger partial charge >= 0.3 is 0 Å². The third-order valence-corrected chi connectivity index (χ3v) is 5.93. The van der Waals surface area contributed by atoms with Gasteiger partial charge in [-0.1, -0.05) is 25.7 Å². The molecule has 83 valence electrons. The molecule has 0 N–H and O–H groups in total. The number of rotatable bonds is 1. The normalized spacial score (nSPS) is 50.4. The Kier molecular flexibility index (Phi) is 1.96. The van der Waals surface area contributed by atoms with Crippen molar-refractivity contribution < 1.29 is 0 Å². The molecule has 0 aromatic rings. The van der Waals surface area contributed by atoms with E-state index in [4.69, 9.17) is 0 Å². The van der Waals surface area contributed by atoms with Crippen molar-refractivity contribution >= 4 is 0 Å². The van der Waals surface area contributed by atoms with E-state index in [2.05, 4.69) is 0 Å². The van der Waals surface area contributed by atoms with Crippen LogP contribution in [0.4, 0.5) is 0 Å². The Morgan fingerprint density at radius 1 is 0.733 bits per heavy atom. The standard InChI is InChI=1S/C15H23/c1-2-4-12(3-1)15-13-6-10-5-11(8-13)9-14(15)7-10/h10-13,15H,1-9H2. The van der Waals surface area contributed by atoms with Gasteiger partial charge < -0.3 is 0 Å². The first-order valence-corrected chi connectivity index (χ1v) is 7.24. The molecular formula is C15H23. The van der Waals surface area contributed by atoms with Crippen molar-refractivity contribution in [2.24, 2.45) is 29.6 Å². The first kappa shape index (κ1) is 9.07. The molecule has 1 radical (unpaired) electrons. The van der Waals surface area contributed by atoms with Crippen molar-refractivity contribution in [2.45, 2.75) is 57.8 Å². The van der Waals surface area contributed by atoms with Crippen LogP contribution in [0.1, 0.15) is 57.8 Å². The van der Waals surface area contributed by atoms with Gasteiger partial charge in [0, 0.05) is 0 Å². The molecule has 5 saturated carbocycles. The average molecular weight is 203 g/mol. The lowest BCUT2D eigenvalue weighted by Crippen LogP contribution is -2.46. The van der Waals surface area contributed by atoms with Crippen molar-refractivity contribution in [3.05, 3.63) is 5.92 Å². The summed E-state index contributed by atoms with van der Waals surface area (Å²) in [7, 11) is 0.